The van der Waals surface area contributed by atoms with E-state index in [0.29, 0.717) is 25.4 Å². The Morgan fingerprint density at radius 3 is 2.68 bits per heavy atom. The Hall–Kier alpha value is -3.28. The maximum atomic E-state index is 12.3. The quantitative estimate of drug-likeness (QED) is 0.636. The first-order chi connectivity index (χ1) is 13.7. The summed E-state index contributed by atoms with van der Waals surface area (Å²) in [5.74, 6) is 1.53. The number of aryl methyl sites for hydroxylation is 1. The number of amides is 1. The van der Waals surface area contributed by atoms with E-state index in [0.717, 1.165) is 29.2 Å². The van der Waals surface area contributed by atoms with Gasteiger partial charge in [-0.15, -0.1) is 0 Å². The zero-order valence-corrected chi connectivity index (χ0v) is 15.8. The van der Waals surface area contributed by atoms with Gasteiger partial charge >= 0.3 is 0 Å². The van der Waals surface area contributed by atoms with Crippen LogP contribution < -0.4 is 14.8 Å². The fourth-order valence-electron chi connectivity index (χ4n) is 3.52. The van der Waals surface area contributed by atoms with Gasteiger partial charge in [-0.3, -0.25) is 4.79 Å². The molecule has 144 valence electrons. The van der Waals surface area contributed by atoms with Crippen LogP contribution in [-0.4, -0.2) is 28.7 Å². The Labute approximate surface area is 164 Å². The molecule has 2 aromatic carbocycles. The zero-order valence-electron chi connectivity index (χ0n) is 15.8. The lowest BCUT2D eigenvalue weighted by Crippen LogP contribution is -2.25. The summed E-state index contributed by atoms with van der Waals surface area (Å²) in [6, 6.07) is 15.5. The monoisotopic (exact) mass is 377 g/mol. The third kappa shape index (κ3) is 3.86. The second-order valence-electron chi connectivity index (χ2n) is 6.67. The van der Waals surface area contributed by atoms with Crippen LogP contribution in [0.3, 0.4) is 0 Å². The second-order valence-corrected chi connectivity index (χ2v) is 6.67. The van der Waals surface area contributed by atoms with E-state index in [1.165, 1.54) is 0 Å². The van der Waals surface area contributed by atoms with E-state index >= 15 is 0 Å². The van der Waals surface area contributed by atoms with Crippen molar-refractivity contribution in [3.05, 3.63) is 72.3 Å². The molecule has 1 amide bonds. The number of carbonyl (C=O) groups is 1. The smallest absolute Gasteiger partial charge is 0.225 e. The van der Waals surface area contributed by atoms with Crippen LogP contribution in [0.25, 0.3) is 0 Å². The van der Waals surface area contributed by atoms with Crippen molar-refractivity contribution >= 4 is 11.6 Å². The Kier molecular flexibility index (Phi) is 5.28. The van der Waals surface area contributed by atoms with Crippen LogP contribution in [0.2, 0.25) is 0 Å². The van der Waals surface area contributed by atoms with Crippen molar-refractivity contribution in [3.8, 4) is 11.5 Å². The molecule has 1 aliphatic rings. The Morgan fingerprint density at radius 1 is 1.11 bits per heavy atom. The molecule has 6 nitrogen and oxygen atoms in total. The number of aromatic nitrogens is 2. The van der Waals surface area contributed by atoms with E-state index in [1.54, 1.807) is 0 Å². The van der Waals surface area contributed by atoms with Gasteiger partial charge in [0.15, 0.2) is 0 Å². The van der Waals surface area contributed by atoms with Gasteiger partial charge < -0.3 is 19.4 Å². The molecule has 0 saturated heterocycles. The number of rotatable bonds is 7. The van der Waals surface area contributed by atoms with Crippen LogP contribution >= 0.6 is 0 Å². The molecule has 1 atom stereocenters. The van der Waals surface area contributed by atoms with Gasteiger partial charge in [-0.25, -0.2) is 4.98 Å². The van der Waals surface area contributed by atoms with Crippen molar-refractivity contribution in [3.63, 3.8) is 0 Å². The van der Waals surface area contributed by atoms with Crippen LogP contribution in [0.4, 0.5) is 5.69 Å². The molecule has 0 saturated carbocycles. The normalized spacial score (nSPS) is 15.6. The molecule has 0 fully saturated rings. The van der Waals surface area contributed by atoms with Crippen molar-refractivity contribution in [1.82, 2.24) is 9.55 Å². The van der Waals surface area contributed by atoms with Crippen LogP contribution in [0.1, 0.15) is 30.5 Å². The fourth-order valence-corrected chi connectivity index (χ4v) is 3.52. The van der Waals surface area contributed by atoms with Crippen molar-refractivity contribution in [2.24, 2.45) is 0 Å². The van der Waals surface area contributed by atoms with E-state index < -0.39 is 0 Å². The average Bonchev–Trinajstić information content (AvgIpc) is 3.20. The summed E-state index contributed by atoms with van der Waals surface area (Å²) in [7, 11) is 0. The van der Waals surface area contributed by atoms with Crippen LogP contribution in [0, 0.1) is 0 Å². The summed E-state index contributed by atoms with van der Waals surface area (Å²) >= 11 is 0. The number of para-hydroxylation sites is 1. The molecule has 4 rings (SSSR count). The fraction of sp³-hybridized carbons (Fsp3) is 0.273. The van der Waals surface area contributed by atoms with Gasteiger partial charge in [-0.1, -0.05) is 24.3 Å². The molecule has 1 aliphatic heterocycles. The van der Waals surface area contributed by atoms with E-state index in [-0.39, 0.29) is 11.8 Å². The summed E-state index contributed by atoms with van der Waals surface area (Å²) < 4.78 is 13.5. The number of fused-ring (bicyclic) bond motifs is 1. The van der Waals surface area contributed by atoms with E-state index in [9.17, 15) is 4.79 Å². The van der Waals surface area contributed by atoms with E-state index in [4.69, 9.17) is 9.47 Å². The SMILES string of the molecule is CCn1cncc1C1CC(=O)Nc2cc(OCCOc3ccccc3)ccc21. The minimum absolute atomic E-state index is 0.00154. The predicted octanol–water partition coefficient (Wildman–Crippen LogP) is 3.83. The molecule has 1 N–H and O–H groups in total. The Bertz CT molecular complexity index is 953. The van der Waals surface area contributed by atoms with Crippen LogP contribution in [0.5, 0.6) is 11.5 Å². The number of carbonyl (C=O) groups excluding carboxylic acids is 1. The summed E-state index contributed by atoms with van der Waals surface area (Å²) in [4.78, 5) is 16.5. The molecule has 28 heavy (non-hydrogen) atoms. The Morgan fingerprint density at radius 2 is 1.89 bits per heavy atom. The third-order valence-electron chi connectivity index (χ3n) is 4.87. The number of hydrogen-bond acceptors (Lipinski definition) is 4. The van der Waals surface area contributed by atoms with E-state index in [2.05, 4.69) is 21.8 Å². The van der Waals surface area contributed by atoms with Crippen molar-refractivity contribution in [1.29, 1.82) is 0 Å². The van der Waals surface area contributed by atoms with Crippen LogP contribution in [-0.2, 0) is 11.3 Å². The number of anilines is 1. The summed E-state index contributed by atoms with van der Waals surface area (Å²) in [5, 5.41) is 2.97. The number of nitrogens with zero attached hydrogens (tertiary/aromatic N) is 2. The van der Waals surface area contributed by atoms with Crippen molar-refractivity contribution < 1.29 is 14.3 Å². The highest BCUT2D eigenvalue weighted by Gasteiger charge is 2.28. The molecule has 0 aliphatic carbocycles. The first-order valence-electron chi connectivity index (χ1n) is 9.49. The maximum Gasteiger partial charge on any atom is 0.225 e. The average molecular weight is 377 g/mol. The van der Waals surface area contributed by atoms with Gasteiger partial charge in [-0.05, 0) is 30.7 Å². The largest absolute Gasteiger partial charge is 0.490 e. The summed E-state index contributed by atoms with van der Waals surface area (Å²) in [6.45, 7) is 3.77. The van der Waals surface area contributed by atoms with Gasteiger partial charge in [0.25, 0.3) is 0 Å². The molecule has 3 aromatic rings. The Balaban J connectivity index is 1.45. The predicted molar refractivity (Wildman–Crippen MR) is 107 cm³/mol. The summed E-state index contributed by atoms with van der Waals surface area (Å²) in [5.41, 5.74) is 2.94. The molecule has 1 aromatic heterocycles. The summed E-state index contributed by atoms with van der Waals surface area (Å²) in [6.07, 6.45) is 4.08. The number of nitrogens with one attached hydrogen (secondary N) is 1. The lowest BCUT2D eigenvalue weighted by molar-refractivity contribution is -0.116. The molecule has 1 unspecified atom stereocenters. The number of benzene rings is 2. The van der Waals surface area contributed by atoms with Gasteiger partial charge in [0.2, 0.25) is 5.91 Å². The minimum Gasteiger partial charge on any atom is -0.490 e. The first-order valence-corrected chi connectivity index (χ1v) is 9.49. The van der Waals surface area contributed by atoms with Crippen molar-refractivity contribution in [2.45, 2.75) is 25.8 Å². The molecule has 0 radical (unpaired) electrons. The van der Waals surface area contributed by atoms with Gasteiger partial charge in [-0.2, -0.15) is 0 Å². The lowest BCUT2D eigenvalue weighted by atomic mass is 9.88. The first kappa shape index (κ1) is 18.1. The number of imidazole rings is 1. The van der Waals surface area contributed by atoms with Crippen molar-refractivity contribution in [2.75, 3.05) is 18.5 Å². The van der Waals surface area contributed by atoms with Gasteiger partial charge in [0.05, 0.1) is 6.33 Å². The van der Waals surface area contributed by atoms with E-state index in [1.807, 2.05) is 61.1 Å². The third-order valence-corrected chi connectivity index (χ3v) is 4.87. The zero-order chi connectivity index (χ0) is 19.3. The molecule has 2 heterocycles. The standard InChI is InChI=1S/C22H23N3O3/c1-2-25-15-23-14-21(25)19-13-22(26)24-20-12-17(8-9-18(19)20)28-11-10-27-16-6-4-3-5-7-16/h3-9,12,14-15,19H,2,10-11,13H2,1H3,(H,24,26). The highest BCUT2D eigenvalue weighted by molar-refractivity contribution is 5.95. The molecular formula is C22H23N3O3. The molecule has 0 bridgehead atoms. The van der Waals surface area contributed by atoms with Gasteiger partial charge in [0, 0.05) is 42.5 Å². The number of ether oxygens (including phenoxy) is 2. The number of hydrogen-bond donors (Lipinski definition) is 1. The highest BCUT2D eigenvalue weighted by atomic mass is 16.5. The molecular weight excluding hydrogens is 354 g/mol. The molecule has 0 spiro atoms. The molecule has 6 heteroatoms. The minimum atomic E-state index is 0.00154. The van der Waals surface area contributed by atoms with Gasteiger partial charge in [0.1, 0.15) is 24.7 Å². The lowest BCUT2D eigenvalue weighted by Gasteiger charge is -2.26. The van der Waals surface area contributed by atoms with Crippen LogP contribution in [0.15, 0.2) is 61.1 Å². The highest BCUT2D eigenvalue weighted by Crippen LogP contribution is 2.38. The maximum absolute atomic E-state index is 12.3. The topological polar surface area (TPSA) is 65.4 Å². The second kappa shape index (κ2) is 8.17.